The molecule has 0 radical (unpaired) electrons. The van der Waals surface area contributed by atoms with Gasteiger partial charge in [0.1, 0.15) is 17.4 Å². The lowest BCUT2D eigenvalue weighted by Gasteiger charge is -2.23. The number of pyridine rings is 1. The molecule has 1 aromatic carbocycles. The summed E-state index contributed by atoms with van der Waals surface area (Å²) >= 11 is 0. The summed E-state index contributed by atoms with van der Waals surface area (Å²) in [5.41, 5.74) is 8.76. The van der Waals surface area contributed by atoms with E-state index < -0.39 is 5.82 Å². The predicted octanol–water partition coefficient (Wildman–Crippen LogP) is 2.72. The highest BCUT2D eigenvalue weighted by atomic mass is 19.1. The Labute approximate surface area is 195 Å². The molecule has 0 atom stereocenters. The summed E-state index contributed by atoms with van der Waals surface area (Å²) in [7, 11) is 0. The lowest BCUT2D eigenvalue weighted by molar-refractivity contribution is 0.0696. The van der Waals surface area contributed by atoms with E-state index in [2.05, 4.69) is 25.6 Å². The number of ether oxygens (including phenoxy) is 2. The van der Waals surface area contributed by atoms with Crippen LogP contribution in [0.3, 0.4) is 0 Å². The van der Waals surface area contributed by atoms with Crippen molar-refractivity contribution in [2.75, 3.05) is 30.9 Å². The number of carbonyl (C=O) groups is 1. The number of hydrogen-bond donors (Lipinski definition) is 3. The van der Waals surface area contributed by atoms with Gasteiger partial charge >= 0.3 is 0 Å². The summed E-state index contributed by atoms with van der Waals surface area (Å²) in [5.74, 6) is 0.850. The molecule has 0 unspecified atom stereocenters. The normalized spacial score (nSPS) is 15.4. The van der Waals surface area contributed by atoms with Gasteiger partial charge in [-0.3, -0.25) is 4.79 Å². The number of carbonyl (C=O) groups excluding carboxylic acids is 1. The average Bonchev–Trinajstić information content (AvgIpc) is 3.34. The maximum Gasteiger partial charge on any atom is 0.251 e. The average molecular weight is 465 g/mol. The summed E-state index contributed by atoms with van der Waals surface area (Å²) in [5, 5.41) is 6.21. The fourth-order valence-corrected chi connectivity index (χ4v) is 4.19. The van der Waals surface area contributed by atoms with E-state index in [9.17, 15) is 9.18 Å². The van der Waals surface area contributed by atoms with E-state index in [4.69, 9.17) is 15.2 Å². The molecule has 2 aliphatic rings. The van der Waals surface area contributed by atoms with Gasteiger partial charge in [-0.15, -0.1) is 0 Å². The number of rotatable bonds is 6. The van der Waals surface area contributed by atoms with Gasteiger partial charge in [0.2, 0.25) is 5.95 Å². The largest absolute Gasteiger partial charge is 0.492 e. The zero-order chi connectivity index (χ0) is 23.5. The molecule has 2 aliphatic heterocycles. The van der Waals surface area contributed by atoms with Crippen LogP contribution in [0, 0.1) is 5.82 Å². The van der Waals surface area contributed by atoms with Crippen LogP contribution in [-0.2, 0) is 17.7 Å². The van der Waals surface area contributed by atoms with Crippen LogP contribution >= 0.6 is 0 Å². The van der Waals surface area contributed by atoms with E-state index in [0.29, 0.717) is 54.6 Å². The number of anilines is 2. The van der Waals surface area contributed by atoms with Crippen LogP contribution in [0.1, 0.15) is 34.3 Å². The minimum Gasteiger partial charge on any atom is -0.492 e. The van der Waals surface area contributed by atoms with Crippen molar-refractivity contribution in [3.05, 3.63) is 59.2 Å². The van der Waals surface area contributed by atoms with Crippen molar-refractivity contribution in [1.82, 2.24) is 20.3 Å². The molecule has 1 amide bonds. The summed E-state index contributed by atoms with van der Waals surface area (Å²) in [6.45, 7) is 1.95. The maximum atomic E-state index is 14.5. The highest BCUT2D eigenvalue weighted by molar-refractivity contribution is 5.94. The number of aromatic nitrogens is 3. The van der Waals surface area contributed by atoms with E-state index >= 15 is 0 Å². The van der Waals surface area contributed by atoms with Gasteiger partial charge in [0.05, 0.1) is 17.9 Å². The van der Waals surface area contributed by atoms with Gasteiger partial charge in [0, 0.05) is 61.3 Å². The number of nitrogens with zero attached hydrogens (tertiary/aromatic N) is 3. The first-order valence-corrected chi connectivity index (χ1v) is 11.2. The van der Waals surface area contributed by atoms with Crippen LogP contribution in [0.5, 0.6) is 5.75 Å². The molecular formula is C24H25FN6O3. The van der Waals surface area contributed by atoms with E-state index in [1.54, 1.807) is 24.5 Å². The van der Waals surface area contributed by atoms with Crippen LogP contribution in [0.15, 0.2) is 36.7 Å². The molecule has 34 heavy (non-hydrogen) atoms. The van der Waals surface area contributed by atoms with Gasteiger partial charge in [0.15, 0.2) is 0 Å². The number of nitrogens with one attached hydrogen (secondary N) is 2. The number of nitrogen functional groups attached to an aromatic ring is 1. The Bertz CT molecular complexity index is 1220. The number of hydrogen-bond acceptors (Lipinski definition) is 8. The molecule has 1 saturated heterocycles. The monoisotopic (exact) mass is 464 g/mol. The minimum absolute atomic E-state index is 0.0726. The van der Waals surface area contributed by atoms with E-state index in [-0.39, 0.29) is 24.4 Å². The number of amides is 1. The fraction of sp³-hybridized carbons (Fsp3) is 0.333. The summed E-state index contributed by atoms with van der Waals surface area (Å²) in [6, 6.07) is 6.21. The molecule has 10 heteroatoms. The lowest BCUT2D eigenvalue weighted by atomic mass is 10.1. The van der Waals surface area contributed by atoms with Gasteiger partial charge < -0.3 is 25.8 Å². The second kappa shape index (κ2) is 9.60. The molecule has 2 aromatic heterocycles. The van der Waals surface area contributed by atoms with Gasteiger partial charge in [-0.25, -0.2) is 19.3 Å². The van der Waals surface area contributed by atoms with E-state index in [1.165, 1.54) is 12.1 Å². The van der Waals surface area contributed by atoms with Gasteiger partial charge in [-0.2, -0.15) is 0 Å². The Morgan fingerprint density at radius 1 is 1.18 bits per heavy atom. The molecule has 0 bridgehead atoms. The van der Waals surface area contributed by atoms with Crippen molar-refractivity contribution in [1.29, 1.82) is 0 Å². The van der Waals surface area contributed by atoms with Crippen LogP contribution in [0.4, 0.5) is 16.2 Å². The SMILES string of the molecule is Nc1nccc(-c2cnc(NCc3cc(C(=O)NC4CCOCC4)ccc3F)c3c2OCC3)n1. The first-order valence-electron chi connectivity index (χ1n) is 11.2. The molecule has 0 saturated carbocycles. The van der Waals surface area contributed by atoms with Gasteiger partial charge in [-0.1, -0.05) is 0 Å². The smallest absolute Gasteiger partial charge is 0.251 e. The van der Waals surface area contributed by atoms with Crippen LogP contribution in [-0.4, -0.2) is 46.7 Å². The Kier molecular flexibility index (Phi) is 6.22. The Morgan fingerprint density at radius 3 is 2.85 bits per heavy atom. The molecule has 4 N–H and O–H groups in total. The standard InChI is InChI=1S/C24H25FN6O3/c25-19-2-1-14(23(32)30-16-4-8-33-9-5-16)11-15(19)12-28-22-17-6-10-34-21(17)18(13-29-22)20-3-7-27-24(26)31-20/h1-3,7,11,13,16H,4-6,8-10,12H2,(H,28,29)(H,30,32)(H2,26,27,31). The quantitative estimate of drug-likeness (QED) is 0.509. The highest BCUT2D eigenvalue weighted by Gasteiger charge is 2.24. The minimum atomic E-state index is -0.393. The number of fused-ring (bicyclic) bond motifs is 1. The fourth-order valence-electron chi connectivity index (χ4n) is 4.19. The Hall–Kier alpha value is -3.79. The zero-order valence-electron chi connectivity index (χ0n) is 18.5. The molecular weight excluding hydrogens is 439 g/mol. The number of nitrogens with two attached hydrogens (primary N) is 1. The first kappa shape index (κ1) is 22.0. The van der Waals surface area contributed by atoms with Gasteiger partial charge in [0.25, 0.3) is 5.91 Å². The third-order valence-electron chi connectivity index (χ3n) is 5.99. The Balaban J connectivity index is 1.33. The second-order valence-corrected chi connectivity index (χ2v) is 8.25. The first-order chi connectivity index (χ1) is 16.6. The Morgan fingerprint density at radius 2 is 2.03 bits per heavy atom. The maximum absolute atomic E-state index is 14.5. The van der Waals surface area contributed by atoms with Crippen LogP contribution < -0.4 is 21.1 Å². The molecule has 5 rings (SSSR count). The molecule has 176 valence electrons. The van der Waals surface area contributed by atoms with Crippen molar-refractivity contribution in [2.24, 2.45) is 0 Å². The molecule has 3 aromatic rings. The molecule has 9 nitrogen and oxygen atoms in total. The topological polar surface area (TPSA) is 124 Å². The van der Waals surface area contributed by atoms with Crippen molar-refractivity contribution < 1.29 is 18.7 Å². The summed E-state index contributed by atoms with van der Waals surface area (Å²) < 4.78 is 25.7. The molecule has 0 spiro atoms. The van der Waals surface area contributed by atoms with Crippen molar-refractivity contribution in [3.63, 3.8) is 0 Å². The zero-order valence-corrected chi connectivity index (χ0v) is 18.5. The second-order valence-electron chi connectivity index (χ2n) is 8.25. The molecule has 0 aliphatic carbocycles. The van der Waals surface area contributed by atoms with E-state index in [0.717, 1.165) is 24.0 Å². The lowest BCUT2D eigenvalue weighted by Crippen LogP contribution is -2.38. The van der Waals surface area contributed by atoms with E-state index in [1.807, 2.05) is 0 Å². The highest BCUT2D eigenvalue weighted by Crippen LogP contribution is 2.39. The predicted molar refractivity (Wildman–Crippen MR) is 124 cm³/mol. The van der Waals surface area contributed by atoms with Crippen molar-refractivity contribution in [2.45, 2.75) is 31.8 Å². The molecule has 1 fully saturated rings. The summed E-state index contributed by atoms with van der Waals surface area (Å²) in [4.78, 5) is 25.4. The number of benzene rings is 1. The van der Waals surface area contributed by atoms with Crippen LogP contribution in [0.2, 0.25) is 0 Å². The van der Waals surface area contributed by atoms with Crippen molar-refractivity contribution >= 4 is 17.7 Å². The third kappa shape index (κ3) is 4.62. The third-order valence-corrected chi connectivity index (χ3v) is 5.99. The van der Waals surface area contributed by atoms with Crippen molar-refractivity contribution in [3.8, 4) is 17.0 Å². The van der Waals surface area contributed by atoms with Crippen LogP contribution in [0.25, 0.3) is 11.3 Å². The number of halogens is 1. The summed E-state index contributed by atoms with van der Waals surface area (Å²) in [6.07, 6.45) is 5.45. The van der Waals surface area contributed by atoms with Gasteiger partial charge in [-0.05, 0) is 37.1 Å². The molecule has 4 heterocycles.